The van der Waals surface area contributed by atoms with Crippen molar-refractivity contribution >= 4 is 6.08 Å². The van der Waals surface area contributed by atoms with E-state index >= 15 is 0 Å². The highest BCUT2D eigenvalue weighted by Gasteiger charge is 2.49. The van der Waals surface area contributed by atoms with E-state index < -0.39 is 5.60 Å². The number of nitrogens with zero attached hydrogens (tertiary/aromatic N) is 1. The van der Waals surface area contributed by atoms with Gasteiger partial charge < -0.3 is 9.84 Å². The third-order valence-electron chi connectivity index (χ3n) is 5.81. The summed E-state index contributed by atoms with van der Waals surface area (Å²) < 4.78 is 18.9. The molecule has 1 aromatic heterocycles. The van der Waals surface area contributed by atoms with Gasteiger partial charge in [-0.1, -0.05) is 24.3 Å². The van der Waals surface area contributed by atoms with Crippen LogP contribution < -0.4 is 0 Å². The zero-order valence-corrected chi connectivity index (χ0v) is 14.9. The van der Waals surface area contributed by atoms with Crippen molar-refractivity contribution < 1.29 is 14.2 Å². The summed E-state index contributed by atoms with van der Waals surface area (Å²) in [6, 6.07) is 10.4. The van der Waals surface area contributed by atoms with E-state index in [-0.39, 0.29) is 11.7 Å². The minimum absolute atomic E-state index is 0.126. The minimum Gasteiger partial charge on any atom is -0.390 e. The summed E-state index contributed by atoms with van der Waals surface area (Å²) in [6.07, 6.45) is 7.66. The van der Waals surface area contributed by atoms with Gasteiger partial charge in [-0.05, 0) is 61.4 Å². The molecule has 0 spiro atoms. The lowest BCUT2D eigenvalue weighted by Gasteiger charge is -2.29. The molecule has 2 heterocycles. The van der Waals surface area contributed by atoms with Crippen LogP contribution in [0, 0.1) is 23.6 Å². The maximum absolute atomic E-state index is 13.4. The molecule has 2 aliphatic rings. The fourth-order valence-electron chi connectivity index (χ4n) is 4.52. The van der Waals surface area contributed by atoms with Gasteiger partial charge in [0.25, 0.3) is 0 Å². The number of ether oxygens (including phenoxy) is 1. The van der Waals surface area contributed by atoms with E-state index in [2.05, 4.69) is 11.1 Å². The lowest BCUT2D eigenvalue weighted by atomic mass is 9.82. The summed E-state index contributed by atoms with van der Waals surface area (Å²) >= 11 is 0. The number of benzene rings is 1. The molecule has 1 aromatic carbocycles. The summed E-state index contributed by atoms with van der Waals surface area (Å²) in [6.45, 7) is 3.47. The van der Waals surface area contributed by atoms with Crippen LogP contribution >= 0.6 is 0 Å². The molecule has 0 amide bonds. The zero-order valence-electron chi connectivity index (χ0n) is 14.9. The number of hydrogen-bond acceptors (Lipinski definition) is 3. The Morgan fingerprint density at radius 1 is 1.27 bits per heavy atom. The Morgan fingerprint density at radius 3 is 2.92 bits per heavy atom. The van der Waals surface area contributed by atoms with Crippen LogP contribution in [0.1, 0.15) is 25.5 Å². The van der Waals surface area contributed by atoms with Gasteiger partial charge >= 0.3 is 0 Å². The molecule has 3 nitrogen and oxygen atoms in total. The topological polar surface area (TPSA) is 42.4 Å². The van der Waals surface area contributed by atoms with Gasteiger partial charge in [0.05, 0.1) is 11.3 Å². The van der Waals surface area contributed by atoms with Gasteiger partial charge in [0, 0.05) is 30.9 Å². The van der Waals surface area contributed by atoms with Gasteiger partial charge in [0.2, 0.25) is 0 Å². The molecular weight excluding hydrogens is 329 g/mol. The van der Waals surface area contributed by atoms with Crippen LogP contribution in [0.3, 0.4) is 0 Å². The van der Waals surface area contributed by atoms with Crippen molar-refractivity contribution in [1.82, 2.24) is 4.98 Å². The van der Waals surface area contributed by atoms with Crippen LogP contribution in [0.15, 0.2) is 48.7 Å². The van der Waals surface area contributed by atoms with Crippen molar-refractivity contribution in [2.24, 2.45) is 17.8 Å². The smallest absolute Gasteiger partial charge is 0.123 e. The first-order valence-corrected chi connectivity index (χ1v) is 9.23. The highest BCUT2D eigenvalue weighted by Crippen LogP contribution is 2.48. The Morgan fingerprint density at radius 2 is 2.15 bits per heavy atom. The molecule has 0 bridgehead atoms. The first kappa shape index (κ1) is 17.4. The highest BCUT2D eigenvalue weighted by atomic mass is 19.1. The Bertz CT molecular complexity index is 800. The highest BCUT2D eigenvalue weighted by molar-refractivity contribution is 5.63. The predicted octanol–water partition coefficient (Wildman–Crippen LogP) is 4.32. The van der Waals surface area contributed by atoms with E-state index in [9.17, 15) is 9.50 Å². The van der Waals surface area contributed by atoms with Crippen LogP contribution in [0.25, 0.3) is 17.2 Å². The maximum Gasteiger partial charge on any atom is 0.123 e. The number of rotatable bonds is 3. The Balaban J connectivity index is 1.51. The molecule has 4 atom stereocenters. The molecule has 2 unspecified atom stereocenters. The molecule has 0 radical (unpaired) electrons. The molecule has 136 valence electrons. The van der Waals surface area contributed by atoms with Gasteiger partial charge in [-0.2, -0.15) is 0 Å². The van der Waals surface area contributed by atoms with Crippen molar-refractivity contribution in [3.8, 4) is 11.1 Å². The van der Waals surface area contributed by atoms with Crippen molar-refractivity contribution in [3.63, 3.8) is 0 Å². The second-order valence-electron chi connectivity index (χ2n) is 7.72. The van der Waals surface area contributed by atoms with Crippen molar-refractivity contribution in [2.45, 2.75) is 25.4 Å². The van der Waals surface area contributed by atoms with Gasteiger partial charge in [0.1, 0.15) is 5.82 Å². The summed E-state index contributed by atoms with van der Waals surface area (Å²) in [5.74, 6) is 0.792. The van der Waals surface area contributed by atoms with Crippen LogP contribution in [-0.2, 0) is 4.74 Å². The van der Waals surface area contributed by atoms with Crippen molar-refractivity contribution in [1.29, 1.82) is 0 Å². The fourth-order valence-corrected chi connectivity index (χ4v) is 4.52. The van der Waals surface area contributed by atoms with E-state index in [1.165, 1.54) is 12.1 Å². The molecule has 2 aromatic rings. The molecule has 1 saturated carbocycles. The zero-order chi connectivity index (χ0) is 18.1. The molecule has 26 heavy (non-hydrogen) atoms. The first-order chi connectivity index (χ1) is 12.5. The molecule has 1 N–H and O–H groups in total. The molecule has 2 fully saturated rings. The normalized spacial score (nSPS) is 31.3. The maximum atomic E-state index is 13.4. The Kier molecular flexibility index (Phi) is 4.63. The molecule has 4 rings (SSSR count). The standard InChI is InChI=1S/C22H24FNO2/c1-22(25)12-17-14-26-10-9-20(17)21(22)8-7-19-6-5-16(13-24-19)15-3-2-4-18(23)11-15/h2-8,11,13,17,20-21,25H,9-10,12,14H2,1H3/b8-7-/t17-,20+,21?,22?/m1/s1. The second-order valence-corrected chi connectivity index (χ2v) is 7.72. The van der Waals surface area contributed by atoms with Crippen molar-refractivity contribution in [2.75, 3.05) is 13.2 Å². The van der Waals surface area contributed by atoms with Gasteiger partial charge in [-0.25, -0.2) is 4.39 Å². The quantitative estimate of drug-likeness (QED) is 0.893. The Labute approximate surface area is 153 Å². The van der Waals surface area contributed by atoms with Crippen LogP contribution in [0.4, 0.5) is 4.39 Å². The van der Waals surface area contributed by atoms with E-state index in [1.807, 2.05) is 31.2 Å². The summed E-state index contributed by atoms with van der Waals surface area (Å²) in [5, 5.41) is 10.8. The summed E-state index contributed by atoms with van der Waals surface area (Å²) in [4.78, 5) is 4.48. The largest absolute Gasteiger partial charge is 0.390 e. The van der Waals surface area contributed by atoms with Gasteiger partial charge in [-0.3, -0.25) is 4.98 Å². The third kappa shape index (κ3) is 3.44. The van der Waals surface area contributed by atoms with Crippen molar-refractivity contribution in [3.05, 3.63) is 60.2 Å². The fraction of sp³-hybridized carbons (Fsp3) is 0.409. The predicted molar refractivity (Wildman–Crippen MR) is 99.8 cm³/mol. The molecule has 1 saturated heterocycles. The number of fused-ring (bicyclic) bond motifs is 1. The first-order valence-electron chi connectivity index (χ1n) is 9.23. The Hall–Kier alpha value is -2.04. The monoisotopic (exact) mass is 353 g/mol. The van der Waals surface area contributed by atoms with Crippen LogP contribution in [0.5, 0.6) is 0 Å². The molecule has 4 heteroatoms. The van der Waals surface area contributed by atoms with Crippen LogP contribution in [-0.4, -0.2) is 28.9 Å². The minimum atomic E-state index is -0.693. The average molecular weight is 353 g/mol. The molecular formula is C22H24FNO2. The number of aromatic nitrogens is 1. The average Bonchev–Trinajstić information content (AvgIpc) is 2.89. The lowest BCUT2D eigenvalue weighted by molar-refractivity contribution is 0.0209. The third-order valence-corrected chi connectivity index (χ3v) is 5.81. The van der Waals surface area contributed by atoms with Crippen LogP contribution in [0.2, 0.25) is 0 Å². The summed E-state index contributed by atoms with van der Waals surface area (Å²) in [5.41, 5.74) is 1.85. The van der Waals surface area contributed by atoms with E-state index in [0.29, 0.717) is 11.8 Å². The number of halogens is 1. The molecule has 1 aliphatic heterocycles. The van der Waals surface area contributed by atoms with E-state index in [0.717, 1.165) is 42.9 Å². The second kappa shape index (κ2) is 6.93. The van der Waals surface area contributed by atoms with Gasteiger partial charge in [-0.15, -0.1) is 0 Å². The van der Waals surface area contributed by atoms with E-state index in [4.69, 9.17) is 4.74 Å². The van der Waals surface area contributed by atoms with Gasteiger partial charge in [0.15, 0.2) is 0 Å². The number of aliphatic hydroxyl groups is 1. The lowest BCUT2D eigenvalue weighted by Crippen LogP contribution is -2.31. The summed E-state index contributed by atoms with van der Waals surface area (Å²) in [7, 11) is 0. The SMILES string of the molecule is CC1(O)C[C@@H]2COCC[C@@H]2C1/C=C\c1ccc(-c2cccc(F)c2)cn1. The number of hydrogen-bond donors (Lipinski definition) is 1. The number of pyridine rings is 1. The molecule has 1 aliphatic carbocycles. The van der Waals surface area contributed by atoms with E-state index in [1.54, 1.807) is 12.3 Å².